The summed E-state index contributed by atoms with van der Waals surface area (Å²) >= 11 is 0. The third kappa shape index (κ3) is 3.26. The number of fused-ring (bicyclic) bond motifs is 1. The van der Waals surface area contributed by atoms with E-state index in [0.29, 0.717) is 11.9 Å². The van der Waals surface area contributed by atoms with Crippen LogP contribution in [0.15, 0.2) is 42.9 Å². The second kappa shape index (κ2) is 6.06. The Morgan fingerprint density at radius 1 is 1.25 bits per heavy atom. The molecule has 0 aliphatic heterocycles. The molecule has 3 heterocycles. The highest BCUT2D eigenvalue weighted by atomic mass is 19.1. The quantitative estimate of drug-likeness (QED) is 0.639. The number of aromatic nitrogens is 3. The van der Waals surface area contributed by atoms with E-state index in [2.05, 4.69) is 9.97 Å². The van der Waals surface area contributed by atoms with Crippen LogP contribution >= 0.6 is 0 Å². The van der Waals surface area contributed by atoms with Crippen molar-refractivity contribution in [2.45, 2.75) is 13.8 Å². The van der Waals surface area contributed by atoms with Crippen molar-refractivity contribution >= 4 is 11.9 Å². The molecule has 0 aromatic carbocycles. The number of hydrogen-bond donors (Lipinski definition) is 0. The molecule has 3 aromatic heterocycles. The fraction of sp³-hybridized carbons (Fsp3) is 0.133. The lowest BCUT2D eigenvalue weighted by Crippen LogP contribution is -1.92. The Kier molecular flexibility index (Phi) is 4.20. The van der Waals surface area contributed by atoms with Crippen molar-refractivity contribution in [1.82, 2.24) is 14.4 Å². The van der Waals surface area contributed by atoms with Crippen molar-refractivity contribution in [3.63, 3.8) is 0 Å². The molecule has 20 heavy (non-hydrogen) atoms. The Labute approximate surface area is 115 Å². The maximum Gasteiger partial charge on any atom is 0.154 e. The topological polar surface area (TPSA) is 47.3 Å². The number of pyridine rings is 2. The highest BCUT2D eigenvalue weighted by Crippen LogP contribution is 2.08. The predicted octanol–water partition coefficient (Wildman–Crippen LogP) is 2.98. The minimum atomic E-state index is -0.538. The van der Waals surface area contributed by atoms with Crippen LogP contribution < -0.4 is 0 Å². The summed E-state index contributed by atoms with van der Waals surface area (Å²) in [5.41, 5.74) is 2.72. The lowest BCUT2D eigenvalue weighted by Gasteiger charge is -1.95. The molecular formula is C15H14FN3O. The first-order chi connectivity index (χ1) is 9.60. The number of aldehydes is 1. The van der Waals surface area contributed by atoms with Gasteiger partial charge in [-0.25, -0.2) is 9.37 Å². The van der Waals surface area contributed by atoms with Gasteiger partial charge in [-0.05, 0) is 26.0 Å². The minimum Gasteiger partial charge on any atom is -0.306 e. The number of carbonyl (C=O) groups is 1. The van der Waals surface area contributed by atoms with Gasteiger partial charge < -0.3 is 4.40 Å². The number of rotatable bonds is 1. The van der Waals surface area contributed by atoms with Gasteiger partial charge in [-0.3, -0.25) is 9.78 Å². The summed E-state index contributed by atoms with van der Waals surface area (Å²) in [5, 5.41) is 0. The van der Waals surface area contributed by atoms with E-state index in [4.69, 9.17) is 0 Å². The zero-order chi connectivity index (χ0) is 14.5. The molecule has 3 rings (SSSR count). The van der Waals surface area contributed by atoms with Crippen molar-refractivity contribution in [3.8, 4) is 0 Å². The zero-order valence-electron chi connectivity index (χ0n) is 11.2. The fourth-order valence-corrected chi connectivity index (χ4v) is 1.72. The van der Waals surface area contributed by atoms with Crippen LogP contribution in [0.4, 0.5) is 4.39 Å². The van der Waals surface area contributed by atoms with Crippen LogP contribution in [-0.2, 0) is 0 Å². The van der Waals surface area contributed by atoms with E-state index >= 15 is 0 Å². The highest BCUT2D eigenvalue weighted by Gasteiger charge is 2.03. The molecule has 0 saturated carbocycles. The molecule has 5 heteroatoms. The zero-order valence-corrected chi connectivity index (χ0v) is 11.2. The Bertz CT molecular complexity index is 720. The van der Waals surface area contributed by atoms with Crippen LogP contribution in [0.25, 0.3) is 5.65 Å². The predicted molar refractivity (Wildman–Crippen MR) is 74.2 cm³/mol. The maximum absolute atomic E-state index is 12.9. The monoisotopic (exact) mass is 271 g/mol. The third-order valence-electron chi connectivity index (χ3n) is 2.66. The summed E-state index contributed by atoms with van der Waals surface area (Å²) in [5.74, 6) is -0.538. The molecule has 0 aliphatic carbocycles. The first-order valence-corrected chi connectivity index (χ1v) is 6.08. The molecule has 0 N–H and O–H groups in total. The molecule has 102 valence electrons. The van der Waals surface area contributed by atoms with Crippen molar-refractivity contribution in [1.29, 1.82) is 0 Å². The Balaban J connectivity index is 0.000000160. The van der Waals surface area contributed by atoms with Crippen molar-refractivity contribution in [2.24, 2.45) is 0 Å². The van der Waals surface area contributed by atoms with Gasteiger partial charge in [0.15, 0.2) is 6.29 Å². The molecule has 0 amide bonds. The second-order valence-electron chi connectivity index (χ2n) is 4.31. The summed E-state index contributed by atoms with van der Waals surface area (Å²) < 4.78 is 14.5. The molecular weight excluding hydrogens is 257 g/mol. The van der Waals surface area contributed by atoms with Crippen molar-refractivity contribution in [2.75, 3.05) is 0 Å². The van der Waals surface area contributed by atoms with Crippen LogP contribution in [0.3, 0.4) is 0 Å². The molecule has 0 spiro atoms. The maximum atomic E-state index is 12.9. The first-order valence-electron chi connectivity index (χ1n) is 6.08. The lowest BCUT2D eigenvalue weighted by molar-refractivity contribution is 0.111. The average molecular weight is 271 g/mol. The van der Waals surface area contributed by atoms with E-state index in [1.165, 1.54) is 12.3 Å². The van der Waals surface area contributed by atoms with Gasteiger partial charge in [0.1, 0.15) is 11.5 Å². The first kappa shape index (κ1) is 13.9. The van der Waals surface area contributed by atoms with Gasteiger partial charge in [0, 0.05) is 36.0 Å². The summed E-state index contributed by atoms with van der Waals surface area (Å²) in [7, 11) is 0. The Morgan fingerprint density at radius 3 is 2.50 bits per heavy atom. The summed E-state index contributed by atoms with van der Waals surface area (Å²) in [6.07, 6.45) is 5.09. The lowest BCUT2D eigenvalue weighted by atomic mass is 10.3. The Hall–Kier alpha value is -2.56. The van der Waals surface area contributed by atoms with Gasteiger partial charge in [-0.1, -0.05) is 6.07 Å². The number of aryl methyl sites for hydroxylation is 2. The molecule has 0 fully saturated rings. The van der Waals surface area contributed by atoms with E-state index in [1.807, 2.05) is 32.0 Å². The molecule has 0 atom stereocenters. The van der Waals surface area contributed by atoms with Gasteiger partial charge in [-0.2, -0.15) is 0 Å². The molecule has 3 aromatic rings. The minimum absolute atomic E-state index is 0.0421. The van der Waals surface area contributed by atoms with Gasteiger partial charge >= 0.3 is 0 Å². The number of halogens is 1. The summed E-state index contributed by atoms with van der Waals surface area (Å²) in [6.45, 7) is 3.99. The van der Waals surface area contributed by atoms with Crippen molar-refractivity contribution < 1.29 is 9.18 Å². The van der Waals surface area contributed by atoms with Gasteiger partial charge in [0.2, 0.25) is 0 Å². The van der Waals surface area contributed by atoms with Crippen LogP contribution in [-0.4, -0.2) is 20.7 Å². The standard InChI is InChI=1S/C8H5FN2O.C7H9N/c9-7-3-8-10-1-2-11(8)4-6(7)5-12;1-6-4-3-5-7(2)8-6/h1-5H;3-5H,1-2H3. The highest BCUT2D eigenvalue weighted by molar-refractivity contribution is 5.75. The van der Waals surface area contributed by atoms with E-state index in [9.17, 15) is 9.18 Å². The molecule has 0 unspecified atom stereocenters. The average Bonchev–Trinajstić information content (AvgIpc) is 2.85. The van der Waals surface area contributed by atoms with Gasteiger partial charge in [0.05, 0.1) is 5.56 Å². The smallest absolute Gasteiger partial charge is 0.154 e. The van der Waals surface area contributed by atoms with Crippen LogP contribution in [0.2, 0.25) is 0 Å². The molecule has 0 saturated heterocycles. The largest absolute Gasteiger partial charge is 0.306 e. The second-order valence-corrected chi connectivity index (χ2v) is 4.31. The van der Waals surface area contributed by atoms with Gasteiger partial charge in [0.25, 0.3) is 0 Å². The number of nitrogens with zero attached hydrogens (tertiary/aromatic N) is 3. The molecule has 0 bridgehead atoms. The summed E-state index contributed by atoms with van der Waals surface area (Å²) in [6, 6.07) is 7.22. The SMILES string of the molecule is Cc1cccc(C)n1.O=Cc1cn2ccnc2cc1F. The van der Waals surface area contributed by atoms with Gasteiger partial charge in [-0.15, -0.1) is 0 Å². The van der Waals surface area contributed by atoms with E-state index in [0.717, 1.165) is 11.4 Å². The normalized spacial score (nSPS) is 9.95. The summed E-state index contributed by atoms with van der Waals surface area (Å²) in [4.78, 5) is 18.4. The van der Waals surface area contributed by atoms with E-state index in [-0.39, 0.29) is 5.56 Å². The Morgan fingerprint density at radius 2 is 1.95 bits per heavy atom. The fourth-order valence-electron chi connectivity index (χ4n) is 1.72. The molecule has 4 nitrogen and oxygen atoms in total. The third-order valence-corrected chi connectivity index (χ3v) is 2.66. The number of carbonyl (C=O) groups excluding carboxylic acids is 1. The van der Waals surface area contributed by atoms with E-state index in [1.54, 1.807) is 16.8 Å². The van der Waals surface area contributed by atoms with Crippen LogP contribution in [0, 0.1) is 19.7 Å². The van der Waals surface area contributed by atoms with Crippen LogP contribution in [0.1, 0.15) is 21.7 Å². The number of imidazole rings is 1. The molecule has 0 aliphatic rings. The molecule has 0 radical (unpaired) electrons. The van der Waals surface area contributed by atoms with E-state index < -0.39 is 5.82 Å². The van der Waals surface area contributed by atoms with Crippen LogP contribution in [0.5, 0.6) is 0 Å². The number of hydrogen-bond acceptors (Lipinski definition) is 3. The van der Waals surface area contributed by atoms with Crippen molar-refractivity contribution in [3.05, 3.63) is 65.6 Å².